The highest BCUT2D eigenvalue weighted by Crippen LogP contribution is 2.22. The van der Waals surface area contributed by atoms with Crippen molar-refractivity contribution in [2.24, 2.45) is 5.73 Å². The molecule has 1 aromatic rings. The molecule has 0 radical (unpaired) electrons. The summed E-state index contributed by atoms with van der Waals surface area (Å²) in [7, 11) is 1.35. The van der Waals surface area contributed by atoms with E-state index in [1.165, 1.54) is 7.11 Å². The molecule has 0 bridgehead atoms. The lowest BCUT2D eigenvalue weighted by Gasteiger charge is -2.23. The standard InChI is InChI=1S/C15H20N2O3/c1-20-15(19)13-7-4-10-17(13)14(18)12-6-3-2-5-11(12)8-9-16/h2-3,5-6,13H,4,7-10,16H2,1H3. The van der Waals surface area contributed by atoms with Crippen LogP contribution >= 0.6 is 0 Å². The molecule has 5 nitrogen and oxygen atoms in total. The number of likely N-dealkylation sites (tertiary alicyclic amines) is 1. The Labute approximate surface area is 118 Å². The summed E-state index contributed by atoms with van der Waals surface area (Å²) in [5.41, 5.74) is 7.14. The smallest absolute Gasteiger partial charge is 0.328 e. The SMILES string of the molecule is COC(=O)C1CCCN1C(=O)c1ccccc1CCN. The Hall–Kier alpha value is -1.88. The normalized spacial score (nSPS) is 18.1. The fourth-order valence-corrected chi connectivity index (χ4v) is 2.65. The zero-order chi connectivity index (χ0) is 14.5. The van der Waals surface area contributed by atoms with Gasteiger partial charge in [0, 0.05) is 12.1 Å². The topological polar surface area (TPSA) is 72.6 Å². The Bertz CT molecular complexity index is 502. The van der Waals surface area contributed by atoms with E-state index in [9.17, 15) is 9.59 Å². The second kappa shape index (κ2) is 6.52. The van der Waals surface area contributed by atoms with Gasteiger partial charge in [0.1, 0.15) is 6.04 Å². The monoisotopic (exact) mass is 276 g/mol. The first-order chi connectivity index (χ1) is 9.69. The molecular formula is C15H20N2O3. The van der Waals surface area contributed by atoms with Crippen molar-refractivity contribution in [1.82, 2.24) is 4.90 Å². The second-order valence-corrected chi connectivity index (χ2v) is 4.88. The molecule has 2 rings (SSSR count). The fraction of sp³-hybridized carbons (Fsp3) is 0.467. The molecule has 0 spiro atoms. The lowest BCUT2D eigenvalue weighted by atomic mass is 10.0. The third kappa shape index (κ3) is 2.82. The zero-order valence-corrected chi connectivity index (χ0v) is 11.7. The highest BCUT2D eigenvalue weighted by Gasteiger charge is 2.35. The van der Waals surface area contributed by atoms with Gasteiger partial charge in [-0.05, 0) is 37.4 Å². The Morgan fingerprint density at radius 2 is 2.15 bits per heavy atom. The summed E-state index contributed by atoms with van der Waals surface area (Å²) >= 11 is 0. The van der Waals surface area contributed by atoms with Gasteiger partial charge in [-0.25, -0.2) is 4.79 Å². The first-order valence-corrected chi connectivity index (χ1v) is 6.85. The number of hydrogen-bond donors (Lipinski definition) is 1. The van der Waals surface area contributed by atoms with Crippen LogP contribution in [0.15, 0.2) is 24.3 Å². The molecule has 108 valence electrons. The molecular weight excluding hydrogens is 256 g/mol. The Balaban J connectivity index is 2.24. The van der Waals surface area contributed by atoms with Crippen molar-refractivity contribution in [3.8, 4) is 0 Å². The first-order valence-electron chi connectivity index (χ1n) is 6.85. The van der Waals surface area contributed by atoms with Gasteiger partial charge in [0.2, 0.25) is 0 Å². The highest BCUT2D eigenvalue weighted by atomic mass is 16.5. The number of amides is 1. The van der Waals surface area contributed by atoms with Gasteiger partial charge in [-0.3, -0.25) is 4.79 Å². The van der Waals surface area contributed by atoms with Crippen LogP contribution in [0.5, 0.6) is 0 Å². The summed E-state index contributed by atoms with van der Waals surface area (Å²) in [6.07, 6.45) is 2.14. The number of carbonyl (C=O) groups excluding carboxylic acids is 2. The largest absolute Gasteiger partial charge is 0.467 e. The van der Waals surface area contributed by atoms with Crippen molar-refractivity contribution in [2.45, 2.75) is 25.3 Å². The molecule has 1 heterocycles. The van der Waals surface area contributed by atoms with Crippen molar-refractivity contribution in [2.75, 3.05) is 20.2 Å². The minimum atomic E-state index is -0.460. The summed E-state index contributed by atoms with van der Waals surface area (Å²) in [6.45, 7) is 1.08. The molecule has 1 saturated heterocycles. The predicted molar refractivity (Wildman–Crippen MR) is 75.3 cm³/mol. The van der Waals surface area contributed by atoms with Gasteiger partial charge < -0.3 is 15.4 Å². The van der Waals surface area contributed by atoms with Crippen LogP contribution in [0.2, 0.25) is 0 Å². The highest BCUT2D eigenvalue weighted by molar-refractivity contribution is 5.98. The van der Waals surface area contributed by atoms with Crippen LogP contribution in [0.3, 0.4) is 0 Å². The Kier molecular flexibility index (Phi) is 4.74. The molecule has 0 saturated carbocycles. The van der Waals surface area contributed by atoms with Gasteiger partial charge in [-0.15, -0.1) is 0 Å². The van der Waals surface area contributed by atoms with E-state index in [1.807, 2.05) is 18.2 Å². The maximum absolute atomic E-state index is 12.7. The number of rotatable bonds is 4. The van der Waals surface area contributed by atoms with E-state index in [0.717, 1.165) is 12.0 Å². The summed E-state index contributed by atoms with van der Waals surface area (Å²) in [5, 5.41) is 0. The Morgan fingerprint density at radius 3 is 2.85 bits per heavy atom. The van der Waals surface area contributed by atoms with Gasteiger partial charge in [0.25, 0.3) is 5.91 Å². The maximum Gasteiger partial charge on any atom is 0.328 e. The van der Waals surface area contributed by atoms with E-state index < -0.39 is 6.04 Å². The van der Waals surface area contributed by atoms with Crippen LogP contribution in [0.1, 0.15) is 28.8 Å². The van der Waals surface area contributed by atoms with Crippen molar-refractivity contribution < 1.29 is 14.3 Å². The lowest BCUT2D eigenvalue weighted by Crippen LogP contribution is -2.41. The van der Waals surface area contributed by atoms with Gasteiger partial charge >= 0.3 is 5.97 Å². The number of benzene rings is 1. The van der Waals surface area contributed by atoms with Crippen LogP contribution in [0.25, 0.3) is 0 Å². The van der Waals surface area contributed by atoms with Crippen LogP contribution in [0.4, 0.5) is 0 Å². The lowest BCUT2D eigenvalue weighted by molar-refractivity contribution is -0.145. The number of methoxy groups -OCH3 is 1. The van der Waals surface area contributed by atoms with Crippen molar-refractivity contribution in [3.05, 3.63) is 35.4 Å². The van der Waals surface area contributed by atoms with E-state index in [0.29, 0.717) is 31.5 Å². The molecule has 1 fully saturated rings. The molecule has 0 aliphatic carbocycles. The number of hydrogen-bond acceptors (Lipinski definition) is 4. The van der Waals surface area contributed by atoms with E-state index in [2.05, 4.69) is 0 Å². The molecule has 0 aromatic heterocycles. The zero-order valence-electron chi connectivity index (χ0n) is 11.7. The van der Waals surface area contributed by atoms with Gasteiger partial charge in [0.05, 0.1) is 7.11 Å². The number of esters is 1. The molecule has 1 aromatic carbocycles. The van der Waals surface area contributed by atoms with Gasteiger partial charge in [0.15, 0.2) is 0 Å². The summed E-state index contributed by atoms with van der Waals surface area (Å²) in [4.78, 5) is 26.0. The summed E-state index contributed by atoms with van der Waals surface area (Å²) < 4.78 is 4.78. The fourth-order valence-electron chi connectivity index (χ4n) is 2.65. The minimum absolute atomic E-state index is 0.109. The molecule has 1 atom stereocenters. The van der Waals surface area contributed by atoms with E-state index >= 15 is 0 Å². The second-order valence-electron chi connectivity index (χ2n) is 4.88. The van der Waals surface area contributed by atoms with E-state index in [4.69, 9.17) is 10.5 Å². The van der Waals surface area contributed by atoms with Crippen molar-refractivity contribution in [3.63, 3.8) is 0 Å². The number of carbonyl (C=O) groups is 2. The van der Waals surface area contributed by atoms with Gasteiger partial charge in [-0.2, -0.15) is 0 Å². The third-order valence-corrected chi connectivity index (χ3v) is 3.65. The van der Waals surface area contributed by atoms with Crippen LogP contribution in [-0.2, 0) is 16.0 Å². The molecule has 20 heavy (non-hydrogen) atoms. The van der Waals surface area contributed by atoms with Crippen LogP contribution in [0, 0.1) is 0 Å². The number of nitrogens with two attached hydrogens (primary N) is 1. The van der Waals surface area contributed by atoms with Gasteiger partial charge in [-0.1, -0.05) is 18.2 Å². The number of nitrogens with zero attached hydrogens (tertiary/aromatic N) is 1. The quantitative estimate of drug-likeness (QED) is 0.832. The van der Waals surface area contributed by atoms with Crippen LogP contribution < -0.4 is 5.73 Å². The summed E-state index contributed by atoms with van der Waals surface area (Å²) in [5.74, 6) is -0.450. The number of ether oxygens (including phenoxy) is 1. The maximum atomic E-state index is 12.7. The molecule has 1 aliphatic rings. The minimum Gasteiger partial charge on any atom is -0.467 e. The molecule has 1 unspecified atom stereocenters. The van der Waals surface area contributed by atoms with Crippen LogP contribution in [-0.4, -0.2) is 43.0 Å². The predicted octanol–water partition coefficient (Wildman–Crippen LogP) is 0.965. The molecule has 1 aliphatic heterocycles. The molecule has 2 N–H and O–H groups in total. The molecule has 1 amide bonds. The average Bonchev–Trinajstić information content (AvgIpc) is 2.96. The average molecular weight is 276 g/mol. The van der Waals surface area contributed by atoms with E-state index in [1.54, 1.807) is 11.0 Å². The Morgan fingerprint density at radius 1 is 1.40 bits per heavy atom. The summed E-state index contributed by atoms with van der Waals surface area (Å²) in [6, 6.07) is 6.96. The first kappa shape index (κ1) is 14.5. The van der Waals surface area contributed by atoms with E-state index in [-0.39, 0.29) is 11.9 Å². The third-order valence-electron chi connectivity index (χ3n) is 3.65. The van der Waals surface area contributed by atoms with Crippen molar-refractivity contribution in [1.29, 1.82) is 0 Å². The van der Waals surface area contributed by atoms with Crippen molar-refractivity contribution >= 4 is 11.9 Å². The molecule has 5 heteroatoms.